The first-order valence-corrected chi connectivity index (χ1v) is 5.84. The standard InChI is InChI=1S/C13H16N2O/c14-13(6-7-13)12(16)15-11-8-10(11)9-4-2-1-3-5-9/h1-5,10-11H,6-8,14H2,(H,15,16). The predicted molar refractivity (Wildman–Crippen MR) is 61.9 cm³/mol. The maximum Gasteiger partial charge on any atom is 0.240 e. The Hall–Kier alpha value is -1.35. The van der Waals surface area contributed by atoms with Crippen molar-refractivity contribution < 1.29 is 4.79 Å². The van der Waals surface area contributed by atoms with Gasteiger partial charge in [-0.05, 0) is 24.8 Å². The normalized spacial score (nSPS) is 29.6. The van der Waals surface area contributed by atoms with E-state index in [0.29, 0.717) is 12.0 Å². The molecule has 2 atom stereocenters. The highest BCUT2D eigenvalue weighted by Gasteiger charge is 2.49. The highest BCUT2D eigenvalue weighted by Crippen LogP contribution is 2.42. The summed E-state index contributed by atoms with van der Waals surface area (Å²) in [5.74, 6) is 0.531. The van der Waals surface area contributed by atoms with E-state index < -0.39 is 5.54 Å². The van der Waals surface area contributed by atoms with Gasteiger partial charge in [-0.2, -0.15) is 0 Å². The van der Waals surface area contributed by atoms with Gasteiger partial charge < -0.3 is 11.1 Å². The SMILES string of the molecule is NC1(C(=O)NC2CC2c2ccccc2)CC1. The number of carbonyl (C=O) groups is 1. The monoisotopic (exact) mass is 216 g/mol. The smallest absolute Gasteiger partial charge is 0.240 e. The Bertz CT molecular complexity index is 411. The van der Waals surface area contributed by atoms with E-state index in [1.54, 1.807) is 0 Å². The van der Waals surface area contributed by atoms with Crippen molar-refractivity contribution in [2.24, 2.45) is 5.73 Å². The van der Waals surface area contributed by atoms with Gasteiger partial charge in [0.15, 0.2) is 0 Å². The summed E-state index contributed by atoms with van der Waals surface area (Å²) in [7, 11) is 0. The van der Waals surface area contributed by atoms with Crippen LogP contribution in [-0.2, 0) is 4.79 Å². The van der Waals surface area contributed by atoms with Crippen molar-refractivity contribution in [3.05, 3.63) is 35.9 Å². The van der Waals surface area contributed by atoms with Crippen LogP contribution in [0.1, 0.15) is 30.7 Å². The maximum absolute atomic E-state index is 11.7. The second-order valence-corrected chi connectivity index (χ2v) is 4.99. The second-order valence-electron chi connectivity index (χ2n) is 4.99. The average Bonchev–Trinajstić information content (AvgIpc) is 3.18. The molecule has 1 aromatic carbocycles. The maximum atomic E-state index is 11.7. The Balaban J connectivity index is 1.59. The van der Waals surface area contributed by atoms with E-state index in [-0.39, 0.29) is 5.91 Å². The van der Waals surface area contributed by atoms with Gasteiger partial charge in [0, 0.05) is 12.0 Å². The molecule has 0 aliphatic heterocycles. The molecule has 3 rings (SSSR count). The van der Waals surface area contributed by atoms with Gasteiger partial charge >= 0.3 is 0 Å². The summed E-state index contributed by atoms with van der Waals surface area (Å²) in [6, 6.07) is 10.6. The molecule has 0 radical (unpaired) electrons. The molecule has 16 heavy (non-hydrogen) atoms. The number of nitrogens with one attached hydrogen (secondary N) is 1. The Morgan fingerprint density at radius 3 is 2.62 bits per heavy atom. The van der Waals surface area contributed by atoms with Crippen molar-refractivity contribution in [2.45, 2.75) is 36.8 Å². The van der Waals surface area contributed by atoms with Crippen LogP contribution in [0, 0.1) is 0 Å². The lowest BCUT2D eigenvalue weighted by molar-refractivity contribution is -0.123. The minimum absolute atomic E-state index is 0.0379. The molecule has 2 fully saturated rings. The Morgan fingerprint density at radius 2 is 2.00 bits per heavy atom. The van der Waals surface area contributed by atoms with Crippen molar-refractivity contribution >= 4 is 5.91 Å². The molecule has 2 aliphatic rings. The molecule has 84 valence electrons. The van der Waals surface area contributed by atoms with Crippen molar-refractivity contribution in [2.75, 3.05) is 0 Å². The lowest BCUT2D eigenvalue weighted by atomic mass is 10.1. The van der Waals surface area contributed by atoms with E-state index in [9.17, 15) is 4.79 Å². The number of nitrogens with two attached hydrogens (primary N) is 1. The molecule has 0 saturated heterocycles. The minimum Gasteiger partial charge on any atom is -0.351 e. The lowest BCUT2D eigenvalue weighted by Gasteiger charge is -2.09. The van der Waals surface area contributed by atoms with Crippen LogP contribution in [0.15, 0.2) is 30.3 Å². The number of hydrogen-bond donors (Lipinski definition) is 2. The van der Waals surface area contributed by atoms with E-state index in [1.165, 1.54) is 5.56 Å². The van der Waals surface area contributed by atoms with Crippen LogP contribution >= 0.6 is 0 Å². The van der Waals surface area contributed by atoms with Crippen molar-refractivity contribution in [3.63, 3.8) is 0 Å². The van der Waals surface area contributed by atoms with Crippen molar-refractivity contribution in [3.8, 4) is 0 Å². The van der Waals surface area contributed by atoms with Gasteiger partial charge in [-0.25, -0.2) is 0 Å². The van der Waals surface area contributed by atoms with E-state index in [2.05, 4.69) is 17.4 Å². The molecular formula is C13H16N2O. The first-order chi connectivity index (χ1) is 7.69. The van der Waals surface area contributed by atoms with Crippen LogP contribution in [0.2, 0.25) is 0 Å². The molecule has 2 saturated carbocycles. The molecule has 1 amide bonds. The molecule has 3 nitrogen and oxygen atoms in total. The van der Waals surface area contributed by atoms with Gasteiger partial charge in [0.2, 0.25) is 5.91 Å². The predicted octanol–water partition coefficient (Wildman–Crippen LogP) is 1.15. The molecule has 0 heterocycles. The molecule has 1 aromatic rings. The summed E-state index contributed by atoms with van der Waals surface area (Å²) >= 11 is 0. The third kappa shape index (κ3) is 1.71. The highest BCUT2D eigenvalue weighted by molar-refractivity contribution is 5.89. The molecule has 0 bridgehead atoms. The quantitative estimate of drug-likeness (QED) is 0.796. The third-order valence-corrected chi connectivity index (χ3v) is 3.58. The zero-order chi connectivity index (χ0) is 11.2. The highest BCUT2D eigenvalue weighted by atomic mass is 16.2. The van der Waals surface area contributed by atoms with Gasteiger partial charge in [0.1, 0.15) is 0 Å². The fourth-order valence-electron chi connectivity index (χ4n) is 2.10. The fraction of sp³-hybridized carbons (Fsp3) is 0.462. The number of amides is 1. The van der Waals surface area contributed by atoms with Gasteiger partial charge in [-0.3, -0.25) is 4.79 Å². The van der Waals surface area contributed by atoms with Crippen LogP contribution in [0.4, 0.5) is 0 Å². The molecular weight excluding hydrogens is 200 g/mol. The summed E-state index contributed by atoms with van der Waals surface area (Å²) in [6.45, 7) is 0. The number of hydrogen-bond acceptors (Lipinski definition) is 2. The second kappa shape index (κ2) is 3.32. The number of benzene rings is 1. The first-order valence-electron chi connectivity index (χ1n) is 5.84. The van der Waals surface area contributed by atoms with Gasteiger partial charge in [0.25, 0.3) is 0 Å². The average molecular weight is 216 g/mol. The zero-order valence-corrected chi connectivity index (χ0v) is 9.15. The molecule has 2 unspecified atom stereocenters. The Labute approximate surface area is 95.0 Å². The first kappa shape index (κ1) is 9.85. The van der Waals surface area contributed by atoms with Crippen LogP contribution in [-0.4, -0.2) is 17.5 Å². The fourth-order valence-corrected chi connectivity index (χ4v) is 2.10. The van der Waals surface area contributed by atoms with E-state index in [4.69, 9.17) is 5.73 Å². The third-order valence-electron chi connectivity index (χ3n) is 3.58. The largest absolute Gasteiger partial charge is 0.351 e. The van der Waals surface area contributed by atoms with Crippen molar-refractivity contribution in [1.82, 2.24) is 5.32 Å². The molecule has 3 heteroatoms. The number of rotatable bonds is 3. The van der Waals surface area contributed by atoms with Crippen LogP contribution in [0.5, 0.6) is 0 Å². The van der Waals surface area contributed by atoms with Gasteiger partial charge in [-0.15, -0.1) is 0 Å². The summed E-state index contributed by atoms with van der Waals surface area (Å²) < 4.78 is 0. The minimum atomic E-state index is -0.538. The van der Waals surface area contributed by atoms with E-state index in [1.807, 2.05) is 18.2 Å². The summed E-state index contributed by atoms with van der Waals surface area (Å²) in [4.78, 5) is 11.7. The molecule has 0 aromatic heterocycles. The van der Waals surface area contributed by atoms with Gasteiger partial charge in [0.05, 0.1) is 5.54 Å². The van der Waals surface area contributed by atoms with Crippen LogP contribution in [0.25, 0.3) is 0 Å². The van der Waals surface area contributed by atoms with Crippen LogP contribution in [0.3, 0.4) is 0 Å². The topological polar surface area (TPSA) is 55.1 Å². The van der Waals surface area contributed by atoms with Crippen molar-refractivity contribution in [1.29, 1.82) is 0 Å². The molecule has 0 spiro atoms. The van der Waals surface area contributed by atoms with E-state index in [0.717, 1.165) is 19.3 Å². The summed E-state index contributed by atoms with van der Waals surface area (Å²) in [5.41, 5.74) is 6.61. The zero-order valence-electron chi connectivity index (χ0n) is 9.15. The summed E-state index contributed by atoms with van der Waals surface area (Å²) in [6.07, 6.45) is 2.72. The Kier molecular flexibility index (Phi) is 2.04. The molecule has 2 aliphatic carbocycles. The van der Waals surface area contributed by atoms with Gasteiger partial charge in [-0.1, -0.05) is 30.3 Å². The number of carbonyl (C=O) groups excluding carboxylic acids is 1. The lowest BCUT2D eigenvalue weighted by Crippen LogP contribution is -2.43. The molecule has 3 N–H and O–H groups in total. The van der Waals surface area contributed by atoms with Crippen LogP contribution < -0.4 is 11.1 Å². The van der Waals surface area contributed by atoms with E-state index >= 15 is 0 Å². The Morgan fingerprint density at radius 1 is 1.31 bits per heavy atom. The summed E-state index contributed by atoms with van der Waals surface area (Å²) in [5, 5.41) is 3.04.